The van der Waals surface area contributed by atoms with Crippen LogP contribution in [0.4, 0.5) is 14.5 Å². The van der Waals surface area contributed by atoms with E-state index in [0.29, 0.717) is 45.8 Å². The number of rotatable bonds is 7. The van der Waals surface area contributed by atoms with Crippen LogP contribution in [-0.4, -0.2) is 15.5 Å². The summed E-state index contributed by atoms with van der Waals surface area (Å²) in [5.74, 6) is -1.12. The second kappa shape index (κ2) is 9.51. The average Bonchev–Trinajstić information content (AvgIpc) is 3.12. The van der Waals surface area contributed by atoms with Crippen molar-refractivity contribution in [2.24, 2.45) is 13.0 Å². The third-order valence-electron chi connectivity index (χ3n) is 5.52. The first-order chi connectivity index (χ1) is 16.2. The van der Waals surface area contributed by atoms with E-state index in [1.54, 1.807) is 48.3 Å². The van der Waals surface area contributed by atoms with E-state index in [9.17, 15) is 18.4 Å². The molecule has 1 amide bonds. The molecule has 4 rings (SSSR count). The molecule has 2 N–H and O–H groups in total. The molecule has 0 bridgehead atoms. The maximum Gasteiger partial charge on any atom is 0.272 e. The topological polar surface area (TPSA) is 76.1 Å². The Kier molecular flexibility index (Phi) is 6.49. The van der Waals surface area contributed by atoms with Gasteiger partial charge in [0.25, 0.3) is 5.56 Å². The Morgan fingerprint density at radius 1 is 1.09 bits per heavy atom. The smallest absolute Gasteiger partial charge is 0.272 e. The van der Waals surface area contributed by atoms with Crippen LogP contribution in [0.3, 0.4) is 0 Å². The number of amides is 1. The molecule has 0 saturated heterocycles. The molecule has 0 aliphatic rings. The Morgan fingerprint density at radius 2 is 1.85 bits per heavy atom. The number of nitrogens with one attached hydrogen (secondary N) is 2. The van der Waals surface area contributed by atoms with Gasteiger partial charge in [0.15, 0.2) is 11.6 Å². The molecule has 2 aromatic heterocycles. The molecule has 0 saturated carbocycles. The minimum Gasteiger partial charge on any atom is -0.454 e. The lowest BCUT2D eigenvalue weighted by Gasteiger charge is -2.14. The summed E-state index contributed by atoms with van der Waals surface area (Å²) in [7, 11) is 1.75. The molecule has 0 atom stereocenters. The molecule has 4 aromatic rings. The third kappa shape index (κ3) is 4.85. The highest BCUT2D eigenvalue weighted by molar-refractivity contribution is 5.99. The molecule has 0 aliphatic carbocycles. The van der Waals surface area contributed by atoms with Gasteiger partial charge in [-0.25, -0.2) is 8.78 Å². The Bertz CT molecular complexity index is 1420. The van der Waals surface area contributed by atoms with E-state index in [4.69, 9.17) is 4.74 Å². The third-order valence-corrected chi connectivity index (χ3v) is 5.52. The average molecular weight is 466 g/mol. The number of fused-ring (bicyclic) bond motifs is 1. The zero-order valence-corrected chi connectivity index (χ0v) is 19.1. The maximum atomic E-state index is 14.3. The summed E-state index contributed by atoms with van der Waals surface area (Å²) in [6.45, 7) is 4.10. The van der Waals surface area contributed by atoms with E-state index in [-0.39, 0.29) is 17.2 Å². The number of ether oxygens (including phenoxy) is 1. The highest BCUT2D eigenvalue weighted by atomic mass is 19.1. The zero-order chi connectivity index (χ0) is 24.4. The van der Waals surface area contributed by atoms with Crippen molar-refractivity contribution < 1.29 is 18.3 Å². The summed E-state index contributed by atoms with van der Waals surface area (Å²) in [5, 5.41) is 3.56. The Balaban J connectivity index is 1.80. The number of hydrogen-bond donors (Lipinski definition) is 2. The van der Waals surface area contributed by atoms with E-state index in [1.165, 1.54) is 6.07 Å². The molecule has 0 radical (unpaired) electrons. The fourth-order valence-electron chi connectivity index (χ4n) is 3.81. The van der Waals surface area contributed by atoms with Crippen LogP contribution in [0.5, 0.6) is 11.5 Å². The molecule has 0 unspecified atom stereocenters. The summed E-state index contributed by atoms with van der Waals surface area (Å²) in [6.07, 6.45) is 4.46. The van der Waals surface area contributed by atoms with Crippen molar-refractivity contribution in [1.82, 2.24) is 9.55 Å². The predicted octanol–water partition coefficient (Wildman–Crippen LogP) is 5.98. The standard InChI is InChI=1S/C26H25F2N3O3/c1-15(2)4-9-24(32)30-17-6-8-22(34-23-7-5-16(27)12-21(23)28)19(13-17)20-14-31(3)25-18(20)10-11-29-26(25)33/h5-8,10-15H,4,9H2,1-3H3,(H,29,33)(H,30,32). The molecule has 0 aliphatic heterocycles. The number of H-pyrrole nitrogens is 1. The van der Waals surface area contributed by atoms with Crippen LogP contribution in [0.15, 0.2) is 59.7 Å². The Labute approximate surface area is 195 Å². The normalized spacial score (nSPS) is 11.2. The first kappa shape index (κ1) is 23.2. The van der Waals surface area contributed by atoms with Crippen molar-refractivity contribution in [3.8, 4) is 22.6 Å². The van der Waals surface area contributed by atoms with E-state index in [2.05, 4.69) is 10.3 Å². The van der Waals surface area contributed by atoms with Gasteiger partial charge in [-0.05, 0) is 48.7 Å². The quantitative estimate of drug-likeness (QED) is 0.353. The molecular formula is C26H25F2N3O3. The molecule has 0 spiro atoms. The lowest BCUT2D eigenvalue weighted by molar-refractivity contribution is -0.116. The number of benzene rings is 2. The molecule has 176 valence electrons. The lowest BCUT2D eigenvalue weighted by atomic mass is 10.0. The number of halogens is 2. The van der Waals surface area contributed by atoms with Crippen LogP contribution in [0.25, 0.3) is 22.0 Å². The second-order valence-corrected chi connectivity index (χ2v) is 8.59. The van der Waals surface area contributed by atoms with Crippen molar-refractivity contribution in [1.29, 1.82) is 0 Å². The number of pyridine rings is 1. The molecule has 34 heavy (non-hydrogen) atoms. The number of nitrogens with zero attached hydrogens (tertiary/aromatic N) is 1. The van der Waals surface area contributed by atoms with Crippen LogP contribution in [-0.2, 0) is 11.8 Å². The monoisotopic (exact) mass is 465 g/mol. The lowest BCUT2D eigenvalue weighted by Crippen LogP contribution is -2.12. The fourth-order valence-corrected chi connectivity index (χ4v) is 3.81. The van der Waals surface area contributed by atoms with Crippen molar-refractivity contribution in [2.75, 3.05) is 5.32 Å². The molecule has 6 nitrogen and oxygen atoms in total. The van der Waals surface area contributed by atoms with E-state index in [0.717, 1.165) is 18.6 Å². The van der Waals surface area contributed by atoms with Crippen LogP contribution in [0.2, 0.25) is 0 Å². The number of aromatic nitrogens is 2. The minimum atomic E-state index is -0.841. The van der Waals surface area contributed by atoms with Crippen molar-refractivity contribution >= 4 is 22.5 Å². The van der Waals surface area contributed by atoms with Crippen LogP contribution >= 0.6 is 0 Å². The Morgan fingerprint density at radius 3 is 2.59 bits per heavy atom. The van der Waals surface area contributed by atoms with Crippen molar-refractivity contribution in [2.45, 2.75) is 26.7 Å². The van der Waals surface area contributed by atoms with Gasteiger partial charge in [0, 0.05) is 54.1 Å². The van der Waals surface area contributed by atoms with Gasteiger partial charge >= 0.3 is 0 Å². The number of carbonyl (C=O) groups is 1. The van der Waals surface area contributed by atoms with Crippen LogP contribution in [0, 0.1) is 17.6 Å². The minimum absolute atomic E-state index is 0.118. The Hall–Kier alpha value is -3.94. The van der Waals surface area contributed by atoms with Gasteiger partial charge < -0.3 is 19.6 Å². The molecule has 2 heterocycles. The van der Waals surface area contributed by atoms with Crippen molar-refractivity contribution in [3.05, 3.63) is 76.8 Å². The molecule has 8 heteroatoms. The summed E-state index contributed by atoms with van der Waals surface area (Å²) < 4.78 is 35.2. The maximum absolute atomic E-state index is 14.3. The highest BCUT2D eigenvalue weighted by Gasteiger charge is 2.18. The van der Waals surface area contributed by atoms with Gasteiger partial charge in [-0.3, -0.25) is 9.59 Å². The van der Waals surface area contributed by atoms with E-state index < -0.39 is 11.6 Å². The fraction of sp³-hybridized carbons (Fsp3) is 0.231. The van der Waals surface area contributed by atoms with E-state index in [1.807, 2.05) is 13.8 Å². The van der Waals surface area contributed by atoms with Crippen molar-refractivity contribution in [3.63, 3.8) is 0 Å². The molecule has 2 aromatic carbocycles. The summed E-state index contributed by atoms with van der Waals surface area (Å²) in [4.78, 5) is 27.4. The highest BCUT2D eigenvalue weighted by Crippen LogP contribution is 2.39. The summed E-state index contributed by atoms with van der Waals surface area (Å²) in [5.41, 5.74) is 1.96. The number of aryl methyl sites for hydroxylation is 1. The zero-order valence-electron chi connectivity index (χ0n) is 19.1. The number of hydrogen-bond acceptors (Lipinski definition) is 3. The van der Waals surface area contributed by atoms with Gasteiger partial charge in [0.05, 0.1) is 0 Å². The van der Waals surface area contributed by atoms with Gasteiger partial charge in [-0.2, -0.15) is 0 Å². The van der Waals surface area contributed by atoms with Gasteiger partial charge in [0.1, 0.15) is 17.1 Å². The number of anilines is 1. The summed E-state index contributed by atoms with van der Waals surface area (Å²) in [6, 6.07) is 9.83. The van der Waals surface area contributed by atoms with Crippen LogP contribution in [0.1, 0.15) is 26.7 Å². The summed E-state index contributed by atoms with van der Waals surface area (Å²) >= 11 is 0. The first-order valence-corrected chi connectivity index (χ1v) is 11.0. The van der Waals surface area contributed by atoms with Gasteiger partial charge in [-0.15, -0.1) is 0 Å². The molecular weight excluding hydrogens is 440 g/mol. The second-order valence-electron chi connectivity index (χ2n) is 8.59. The number of carbonyl (C=O) groups excluding carboxylic acids is 1. The molecule has 0 fully saturated rings. The van der Waals surface area contributed by atoms with Gasteiger partial charge in [-0.1, -0.05) is 13.8 Å². The van der Waals surface area contributed by atoms with Gasteiger partial charge in [0.2, 0.25) is 5.91 Å². The first-order valence-electron chi connectivity index (χ1n) is 11.0. The predicted molar refractivity (Wildman–Crippen MR) is 128 cm³/mol. The van der Waals surface area contributed by atoms with E-state index >= 15 is 0 Å². The van der Waals surface area contributed by atoms with Crippen LogP contribution < -0.4 is 15.6 Å². The number of aromatic amines is 1. The largest absolute Gasteiger partial charge is 0.454 e. The SMILES string of the molecule is CC(C)CCC(=O)Nc1ccc(Oc2ccc(F)cc2F)c(-c2cn(C)c3c(=O)[nH]ccc23)c1.